The van der Waals surface area contributed by atoms with Gasteiger partial charge >= 0.3 is 0 Å². The molecule has 1 spiro atoms. The van der Waals surface area contributed by atoms with E-state index in [1.807, 2.05) is 36.7 Å². The van der Waals surface area contributed by atoms with Gasteiger partial charge in [0, 0.05) is 54.1 Å². The van der Waals surface area contributed by atoms with Crippen molar-refractivity contribution in [3.8, 4) is 22.4 Å². The fourth-order valence-corrected chi connectivity index (χ4v) is 5.48. The van der Waals surface area contributed by atoms with Crippen LogP contribution in [0.2, 0.25) is 0 Å². The molecule has 0 saturated carbocycles. The van der Waals surface area contributed by atoms with Crippen molar-refractivity contribution in [2.45, 2.75) is 38.5 Å². The van der Waals surface area contributed by atoms with Crippen molar-refractivity contribution in [1.29, 1.82) is 0 Å². The highest BCUT2D eigenvalue weighted by Crippen LogP contribution is 2.45. The summed E-state index contributed by atoms with van der Waals surface area (Å²) in [6.45, 7) is 7.55. The van der Waals surface area contributed by atoms with E-state index in [-0.39, 0.29) is 11.2 Å². The normalized spacial score (nSPS) is 23.6. The second-order valence-corrected chi connectivity index (χ2v) is 10.6. The fraction of sp³-hybridized carbons (Fsp3) is 0.393. The summed E-state index contributed by atoms with van der Waals surface area (Å²) in [5.74, 6) is -0.712. The molecular formula is C28H30FN3O2. The Labute approximate surface area is 199 Å². The molecule has 3 aliphatic rings. The lowest BCUT2D eigenvalue weighted by atomic mass is 9.89. The van der Waals surface area contributed by atoms with Gasteiger partial charge in [0.05, 0.1) is 25.5 Å². The van der Waals surface area contributed by atoms with Gasteiger partial charge in [-0.2, -0.15) is 0 Å². The Morgan fingerprint density at radius 1 is 1.03 bits per heavy atom. The summed E-state index contributed by atoms with van der Waals surface area (Å²) in [6.07, 6.45) is 9.90. The molecule has 6 rings (SSSR count). The summed E-state index contributed by atoms with van der Waals surface area (Å²) in [6, 6.07) is 11.1. The molecule has 0 unspecified atom stereocenters. The molecule has 2 fully saturated rings. The van der Waals surface area contributed by atoms with Crippen molar-refractivity contribution in [1.82, 2.24) is 14.9 Å². The first kappa shape index (κ1) is 21.7. The zero-order chi connectivity index (χ0) is 23.3. The topological polar surface area (TPSA) is 50.4 Å². The monoisotopic (exact) mass is 459 g/mol. The second-order valence-electron chi connectivity index (χ2n) is 10.6. The molecule has 3 aromatic rings. The molecule has 0 bridgehead atoms. The molecule has 0 amide bonds. The maximum absolute atomic E-state index is 13.6. The zero-order valence-electron chi connectivity index (χ0n) is 19.7. The first-order valence-corrected chi connectivity index (χ1v) is 12.0. The summed E-state index contributed by atoms with van der Waals surface area (Å²) in [5, 5.41) is 0. The van der Waals surface area contributed by atoms with E-state index >= 15 is 0 Å². The van der Waals surface area contributed by atoms with Crippen LogP contribution in [-0.4, -0.2) is 53.0 Å². The fourth-order valence-electron chi connectivity index (χ4n) is 5.48. The van der Waals surface area contributed by atoms with Crippen LogP contribution in [0.5, 0.6) is 0 Å². The molecular weight excluding hydrogens is 429 g/mol. The predicted molar refractivity (Wildman–Crippen MR) is 130 cm³/mol. The Morgan fingerprint density at radius 3 is 2.50 bits per heavy atom. The zero-order valence-corrected chi connectivity index (χ0v) is 19.7. The Morgan fingerprint density at radius 2 is 1.76 bits per heavy atom. The molecule has 0 radical (unpaired) electrons. The van der Waals surface area contributed by atoms with Crippen LogP contribution >= 0.6 is 0 Å². The van der Waals surface area contributed by atoms with Gasteiger partial charge in [0.1, 0.15) is 5.82 Å². The third-order valence-electron chi connectivity index (χ3n) is 7.31. The molecule has 5 heterocycles. The van der Waals surface area contributed by atoms with Crippen molar-refractivity contribution >= 4 is 5.57 Å². The van der Waals surface area contributed by atoms with Crippen LogP contribution in [0.1, 0.15) is 32.3 Å². The van der Waals surface area contributed by atoms with Gasteiger partial charge in [-0.3, -0.25) is 9.88 Å². The lowest BCUT2D eigenvalue weighted by molar-refractivity contribution is -0.290. The van der Waals surface area contributed by atoms with Gasteiger partial charge < -0.3 is 14.5 Å². The Kier molecular flexibility index (Phi) is 5.21. The number of nitrogens with zero attached hydrogens (tertiary/aromatic N) is 2. The van der Waals surface area contributed by atoms with E-state index in [0.717, 1.165) is 61.5 Å². The molecule has 3 aliphatic heterocycles. The van der Waals surface area contributed by atoms with Crippen molar-refractivity contribution < 1.29 is 13.9 Å². The molecule has 2 aromatic heterocycles. The van der Waals surface area contributed by atoms with Gasteiger partial charge in [-0.05, 0) is 59.5 Å². The number of ether oxygens (including phenoxy) is 2. The number of benzene rings is 1. The standard InChI is InChI=1S/C28H30FN3O2/c1-27(2)17-33-28(34-18-27)14-23-13-21(9-12-32(23)16-28)24-15-31-26(20-3-5-22(29)6-4-20)25(24)19-7-10-30-11-8-19/h3-11,15,23,31H,12-14,16-18H2,1-2H3/t23-/m1/s1. The SMILES string of the molecule is CC1(C)COC2(C[C@H]3CC(c4c[nH]c(-c5ccc(F)cc5)c4-c4ccncc4)=CCN3C2)OC1. The lowest BCUT2D eigenvalue weighted by Gasteiger charge is -2.41. The highest BCUT2D eigenvalue weighted by Gasteiger charge is 2.50. The summed E-state index contributed by atoms with van der Waals surface area (Å²) >= 11 is 0. The average Bonchev–Trinajstić information content (AvgIpc) is 3.44. The first-order valence-electron chi connectivity index (χ1n) is 12.0. The predicted octanol–water partition coefficient (Wildman–Crippen LogP) is 5.51. The summed E-state index contributed by atoms with van der Waals surface area (Å²) in [7, 11) is 0. The summed E-state index contributed by atoms with van der Waals surface area (Å²) in [5.41, 5.74) is 6.77. The van der Waals surface area contributed by atoms with Crippen molar-refractivity contribution in [3.05, 3.63) is 72.4 Å². The highest BCUT2D eigenvalue weighted by molar-refractivity contribution is 5.91. The van der Waals surface area contributed by atoms with Gasteiger partial charge in [0.15, 0.2) is 5.79 Å². The number of halogens is 1. The van der Waals surface area contributed by atoms with Crippen LogP contribution in [0.4, 0.5) is 4.39 Å². The van der Waals surface area contributed by atoms with Gasteiger partial charge in [-0.1, -0.05) is 19.9 Å². The minimum absolute atomic E-state index is 0.0685. The molecule has 6 heteroatoms. The van der Waals surface area contributed by atoms with Crippen LogP contribution in [-0.2, 0) is 9.47 Å². The molecule has 0 aliphatic carbocycles. The Bertz CT molecular complexity index is 1210. The van der Waals surface area contributed by atoms with Gasteiger partial charge in [0.25, 0.3) is 0 Å². The molecule has 1 atom stereocenters. The highest BCUT2D eigenvalue weighted by atomic mass is 19.1. The molecule has 34 heavy (non-hydrogen) atoms. The van der Waals surface area contributed by atoms with Crippen LogP contribution in [0.15, 0.2) is 61.1 Å². The van der Waals surface area contributed by atoms with Crippen molar-refractivity contribution in [2.75, 3.05) is 26.3 Å². The smallest absolute Gasteiger partial charge is 0.182 e. The first-order chi connectivity index (χ1) is 16.4. The van der Waals surface area contributed by atoms with E-state index in [2.05, 4.69) is 41.0 Å². The molecule has 1 aromatic carbocycles. The summed E-state index contributed by atoms with van der Waals surface area (Å²) < 4.78 is 26.2. The number of H-pyrrole nitrogens is 1. The number of hydrogen-bond acceptors (Lipinski definition) is 4. The van der Waals surface area contributed by atoms with Crippen molar-refractivity contribution in [2.24, 2.45) is 5.41 Å². The second kappa shape index (κ2) is 8.15. The van der Waals surface area contributed by atoms with E-state index in [4.69, 9.17) is 9.47 Å². The van der Waals surface area contributed by atoms with Crippen LogP contribution in [0.3, 0.4) is 0 Å². The number of fused-ring (bicyclic) bond motifs is 1. The van der Waals surface area contributed by atoms with Crippen LogP contribution in [0, 0.1) is 11.2 Å². The van der Waals surface area contributed by atoms with E-state index in [0.29, 0.717) is 6.04 Å². The Balaban J connectivity index is 1.32. The van der Waals surface area contributed by atoms with Gasteiger partial charge in [0.2, 0.25) is 0 Å². The number of hydrogen-bond donors (Lipinski definition) is 1. The van der Waals surface area contributed by atoms with E-state index in [9.17, 15) is 4.39 Å². The minimum Gasteiger partial charge on any atom is -0.360 e. The van der Waals surface area contributed by atoms with E-state index in [1.165, 1.54) is 23.3 Å². The van der Waals surface area contributed by atoms with E-state index in [1.54, 1.807) is 0 Å². The largest absolute Gasteiger partial charge is 0.360 e. The number of aromatic nitrogens is 2. The summed E-state index contributed by atoms with van der Waals surface area (Å²) in [4.78, 5) is 10.2. The quantitative estimate of drug-likeness (QED) is 0.561. The van der Waals surface area contributed by atoms with Crippen molar-refractivity contribution in [3.63, 3.8) is 0 Å². The molecule has 1 N–H and O–H groups in total. The molecule has 2 saturated heterocycles. The minimum atomic E-state index is -0.477. The van der Waals surface area contributed by atoms with Crippen LogP contribution in [0.25, 0.3) is 28.0 Å². The van der Waals surface area contributed by atoms with Gasteiger partial charge in [-0.25, -0.2) is 4.39 Å². The number of rotatable bonds is 3. The third kappa shape index (κ3) is 3.90. The van der Waals surface area contributed by atoms with Crippen LogP contribution < -0.4 is 0 Å². The maximum Gasteiger partial charge on any atom is 0.182 e. The maximum atomic E-state index is 13.6. The van der Waals surface area contributed by atoms with E-state index < -0.39 is 5.79 Å². The number of aromatic amines is 1. The third-order valence-corrected chi connectivity index (χ3v) is 7.31. The number of nitrogens with one attached hydrogen (secondary N) is 1. The molecule has 176 valence electrons. The van der Waals surface area contributed by atoms with Gasteiger partial charge in [-0.15, -0.1) is 0 Å². The average molecular weight is 460 g/mol. The number of pyridine rings is 1. The Hall–Kier alpha value is -2.80. The molecule has 5 nitrogen and oxygen atoms in total. The lowest BCUT2D eigenvalue weighted by Crippen LogP contribution is -2.49.